The number of sulfonamides is 1. The molecule has 1 aliphatic rings. The predicted octanol–water partition coefficient (Wildman–Crippen LogP) is 3.50. The van der Waals surface area contributed by atoms with Crippen LogP contribution in [0.5, 0.6) is 0 Å². The lowest BCUT2D eigenvalue weighted by Gasteiger charge is -2.29. The second kappa shape index (κ2) is 10.2. The topological polar surface area (TPSA) is 104 Å². The van der Waals surface area contributed by atoms with E-state index in [1.165, 1.54) is 31.2 Å². The lowest BCUT2D eigenvalue weighted by molar-refractivity contribution is -0.126. The molecule has 9 heteroatoms. The lowest BCUT2D eigenvalue weighted by Crippen LogP contribution is -2.41. The van der Waals surface area contributed by atoms with Gasteiger partial charge in [0.25, 0.3) is 0 Å². The zero-order chi connectivity index (χ0) is 23.3. The minimum atomic E-state index is -3.75. The van der Waals surface area contributed by atoms with Gasteiger partial charge in [-0.3, -0.25) is 9.59 Å². The van der Waals surface area contributed by atoms with Crippen LogP contribution in [0.15, 0.2) is 53.4 Å². The van der Waals surface area contributed by atoms with E-state index in [9.17, 15) is 22.4 Å². The molecule has 0 spiro atoms. The summed E-state index contributed by atoms with van der Waals surface area (Å²) in [5, 5.41) is 5.54. The summed E-state index contributed by atoms with van der Waals surface area (Å²) in [6, 6.07) is 11.6. The van der Waals surface area contributed by atoms with Crippen LogP contribution in [-0.4, -0.2) is 26.3 Å². The number of amides is 2. The molecule has 0 bridgehead atoms. The first-order chi connectivity index (χ1) is 15.1. The summed E-state index contributed by atoms with van der Waals surface area (Å²) in [4.78, 5) is 23.9. The molecule has 32 heavy (non-hydrogen) atoms. The Balaban J connectivity index is 1.53. The molecule has 172 valence electrons. The SMILES string of the molecule is CC(=O)Nc1cccc(S(=O)(=O)N[C@H]2CC[C@H](C(=O)N[C@H](C)c3ccc(F)cc3)CC2)c1. The molecule has 0 radical (unpaired) electrons. The molecule has 7 nitrogen and oxygen atoms in total. The van der Waals surface area contributed by atoms with Gasteiger partial charge >= 0.3 is 0 Å². The van der Waals surface area contributed by atoms with Crippen molar-refractivity contribution < 1.29 is 22.4 Å². The quantitative estimate of drug-likeness (QED) is 0.587. The molecular weight excluding hydrogens is 433 g/mol. The summed E-state index contributed by atoms with van der Waals surface area (Å²) in [6.07, 6.45) is 2.24. The average molecular weight is 462 g/mol. The van der Waals surface area contributed by atoms with Gasteiger partial charge in [0.15, 0.2) is 0 Å². The third-order valence-electron chi connectivity index (χ3n) is 5.61. The van der Waals surface area contributed by atoms with E-state index in [0.717, 1.165) is 5.56 Å². The Kier molecular flexibility index (Phi) is 7.63. The van der Waals surface area contributed by atoms with Crippen molar-refractivity contribution in [2.75, 3.05) is 5.32 Å². The third kappa shape index (κ3) is 6.37. The van der Waals surface area contributed by atoms with Crippen LogP contribution < -0.4 is 15.4 Å². The molecule has 0 heterocycles. The highest BCUT2D eigenvalue weighted by atomic mass is 32.2. The Morgan fingerprint density at radius 3 is 2.31 bits per heavy atom. The summed E-state index contributed by atoms with van der Waals surface area (Å²) in [7, 11) is -3.75. The summed E-state index contributed by atoms with van der Waals surface area (Å²) < 4.78 is 41.3. The van der Waals surface area contributed by atoms with Crippen LogP contribution in [0, 0.1) is 11.7 Å². The van der Waals surface area contributed by atoms with Crippen LogP contribution in [-0.2, 0) is 19.6 Å². The molecule has 1 fully saturated rings. The largest absolute Gasteiger partial charge is 0.349 e. The lowest BCUT2D eigenvalue weighted by atomic mass is 9.85. The Morgan fingerprint density at radius 2 is 1.69 bits per heavy atom. The standard InChI is InChI=1S/C23H28FN3O4S/c1-15(17-6-10-19(24)11-7-17)25-23(29)18-8-12-20(13-9-18)27-32(30,31)22-5-3-4-21(14-22)26-16(2)28/h3-7,10-11,14-15,18,20,27H,8-9,12-13H2,1-2H3,(H,25,29)(H,26,28)/t15-,18-,20-/m1/s1. The van der Waals surface area contributed by atoms with Crippen LogP contribution in [0.2, 0.25) is 0 Å². The van der Waals surface area contributed by atoms with E-state index in [4.69, 9.17) is 0 Å². The first-order valence-electron chi connectivity index (χ1n) is 10.6. The second-order valence-corrected chi connectivity index (χ2v) is 9.87. The minimum absolute atomic E-state index is 0.0776. The van der Waals surface area contributed by atoms with Crippen molar-refractivity contribution in [1.29, 1.82) is 0 Å². The van der Waals surface area contributed by atoms with Gasteiger partial charge in [0, 0.05) is 24.6 Å². The number of hydrogen-bond acceptors (Lipinski definition) is 4. The van der Waals surface area contributed by atoms with E-state index in [0.29, 0.717) is 31.4 Å². The zero-order valence-electron chi connectivity index (χ0n) is 18.1. The van der Waals surface area contributed by atoms with Crippen molar-refractivity contribution >= 4 is 27.5 Å². The van der Waals surface area contributed by atoms with Crippen LogP contribution in [0.25, 0.3) is 0 Å². The fraction of sp³-hybridized carbons (Fsp3) is 0.391. The highest BCUT2D eigenvalue weighted by molar-refractivity contribution is 7.89. The Morgan fingerprint density at radius 1 is 1.03 bits per heavy atom. The number of carbonyl (C=O) groups is 2. The van der Waals surface area contributed by atoms with E-state index < -0.39 is 10.0 Å². The summed E-state index contributed by atoms with van der Waals surface area (Å²) in [6.45, 7) is 3.20. The van der Waals surface area contributed by atoms with Crippen LogP contribution in [0.3, 0.4) is 0 Å². The molecule has 0 saturated heterocycles. The van der Waals surface area contributed by atoms with Crippen LogP contribution in [0.4, 0.5) is 10.1 Å². The summed E-state index contributed by atoms with van der Waals surface area (Å²) in [5.74, 6) is -0.874. The Labute approximate surface area is 187 Å². The number of carbonyl (C=O) groups excluding carboxylic acids is 2. The predicted molar refractivity (Wildman–Crippen MR) is 120 cm³/mol. The molecule has 1 saturated carbocycles. The summed E-state index contributed by atoms with van der Waals surface area (Å²) in [5.41, 5.74) is 1.23. The highest BCUT2D eigenvalue weighted by Gasteiger charge is 2.29. The van der Waals surface area contributed by atoms with Gasteiger partial charge in [0.05, 0.1) is 10.9 Å². The van der Waals surface area contributed by atoms with Crippen LogP contribution in [0.1, 0.15) is 51.1 Å². The van der Waals surface area contributed by atoms with Gasteiger partial charge in [0.1, 0.15) is 5.82 Å². The van der Waals surface area contributed by atoms with Gasteiger partial charge in [-0.05, 0) is 68.5 Å². The number of hydrogen-bond donors (Lipinski definition) is 3. The van der Waals surface area contributed by atoms with E-state index in [1.807, 2.05) is 6.92 Å². The second-order valence-electron chi connectivity index (χ2n) is 8.16. The molecule has 0 aromatic heterocycles. The van der Waals surface area contributed by atoms with Crippen molar-refractivity contribution in [3.05, 3.63) is 59.9 Å². The number of halogens is 1. The Hall–Kier alpha value is -2.78. The van der Waals surface area contributed by atoms with Gasteiger partial charge in [-0.25, -0.2) is 17.5 Å². The maximum Gasteiger partial charge on any atom is 0.240 e. The van der Waals surface area contributed by atoms with E-state index in [-0.39, 0.29) is 40.5 Å². The molecule has 2 amide bonds. The maximum atomic E-state index is 13.1. The average Bonchev–Trinajstić information content (AvgIpc) is 2.74. The molecule has 2 aromatic carbocycles. The molecule has 1 atom stereocenters. The monoisotopic (exact) mass is 461 g/mol. The van der Waals surface area contributed by atoms with Gasteiger partial charge < -0.3 is 10.6 Å². The van der Waals surface area contributed by atoms with E-state index in [1.54, 1.807) is 24.3 Å². The smallest absolute Gasteiger partial charge is 0.240 e. The van der Waals surface area contributed by atoms with Gasteiger partial charge in [-0.2, -0.15) is 0 Å². The van der Waals surface area contributed by atoms with Gasteiger partial charge in [-0.1, -0.05) is 18.2 Å². The number of nitrogens with one attached hydrogen (secondary N) is 3. The van der Waals surface area contributed by atoms with Gasteiger partial charge in [-0.15, -0.1) is 0 Å². The first kappa shape index (κ1) is 23.9. The maximum absolute atomic E-state index is 13.1. The fourth-order valence-corrected chi connectivity index (χ4v) is 5.22. The van der Waals surface area contributed by atoms with Crippen molar-refractivity contribution in [3.8, 4) is 0 Å². The van der Waals surface area contributed by atoms with Gasteiger partial charge in [0.2, 0.25) is 21.8 Å². The highest BCUT2D eigenvalue weighted by Crippen LogP contribution is 2.27. The van der Waals surface area contributed by atoms with E-state index in [2.05, 4.69) is 15.4 Å². The van der Waals surface area contributed by atoms with E-state index >= 15 is 0 Å². The third-order valence-corrected chi connectivity index (χ3v) is 7.13. The molecule has 3 N–H and O–H groups in total. The molecule has 0 unspecified atom stereocenters. The molecule has 3 rings (SSSR count). The number of benzene rings is 2. The minimum Gasteiger partial charge on any atom is -0.349 e. The van der Waals surface area contributed by atoms with Crippen molar-refractivity contribution in [2.24, 2.45) is 5.92 Å². The van der Waals surface area contributed by atoms with Crippen molar-refractivity contribution in [1.82, 2.24) is 10.0 Å². The van der Waals surface area contributed by atoms with Crippen LogP contribution >= 0.6 is 0 Å². The normalized spacial score (nSPS) is 19.7. The molecular formula is C23H28FN3O4S. The fourth-order valence-electron chi connectivity index (χ4n) is 3.87. The zero-order valence-corrected chi connectivity index (χ0v) is 18.9. The van der Waals surface area contributed by atoms with Crippen molar-refractivity contribution in [3.63, 3.8) is 0 Å². The Bertz CT molecular complexity index is 1060. The molecule has 2 aromatic rings. The molecule has 1 aliphatic carbocycles. The molecule has 0 aliphatic heterocycles. The number of anilines is 1. The number of rotatable bonds is 7. The first-order valence-corrected chi connectivity index (χ1v) is 12.1. The summed E-state index contributed by atoms with van der Waals surface area (Å²) >= 11 is 0. The van der Waals surface area contributed by atoms with Crippen molar-refractivity contribution in [2.45, 2.75) is 56.5 Å².